The molecular formula is C28H25NO3. The molecule has 5 aliphatic rings. The monoisotopic (exact) mass is 423 g/mol. The van der Waals surface area contributed by atoms with Crippen molar-refractivity contribution < 1.29 is 14.3 Å². The molecule has 4 nitrogen and oxygen atoms in total. The van der Waals surface area contributed by atoms with Crippen molar-refractivity contribution in [3.8, 4) is 5.75 Å². The zero-order valence-corrected chi connectivity index (χ0v) is 18.0. The van der Waals surface area contributed by atoms with Gasteiger partial charge in [0.2, 0.25) is 11.8 Å². The van der Waals surface area contributed by atoms with Crippen molar-refractivity contribution in [2.24, 2.45) is 35.5 Å². The molecule has 1 saturated heterocycles. The van der Waals surface area contributed by atoms with Gasteiger partial charge in [0.1, 0.15) is 5.75 Å². The van der Waals surface area contributed by atoms with E-state index in [0.717, 1.165) is 11.3 Å². The van der Waals surface area contributed by atoms with Crippen LogP contribution >= 0.6 is 0 Å². The molecule has 1 heterocycles. The van der Waals surface area contributed by atoms with E-state index in [0.29, 0.717) is 17.5 Å². The lowest BCUT2D eigenvalue weighted by atomic mass is 9.72. The van der Waals surface area contributed by atoms with Crippen molar-refractivity contribution in [2.45, 2.75) is 19.3 Å². The van der Waals surface area contributed by atoms with Crippen molar-refractivity contribution in [3.05, 3.63) is 76.9 Å². The highest BCUT2D eigenvalue weighted by atomic mass is 16.5. The van der Waals surface area contributed by atoms with Crippen LogP contribution in [0.3, 0.4) is 0 Å². The van der Waals surface area contributed by atoms with E-state index in [1.165, 1.54) is 40.9 Å². The number of anilines is 1. The van der Waals surface area contributed by atoms with E-state index in [4.69, 9.17) is 4.74 Å². The predicted octanol–water partition coefficient (Wildman–Crippen LogP) is 4.87. The van der Waals surface area contributed by atoms with Crippen LogP contribution in [0.5, 0.6) is 5.75 Å². The van der Waals surface area contributed by atoms with E-state index in [2.05, 4.69) is 18.2 Å². The molecule has 3 fully saturated rings. The second-order valence-electron chi connectivity index (χ2n) is 9.89. The minimum absolute atomic E-state index is 0.00588. The molecule has 4 heteroatoms. The number of para-hydroxylation sites is 1. The number of hydrogen-bond donors (Lipinski definition) is 0. The highest BCUT2D eigenvalue weighted by Crippen LogP contribution is 2.70. The fraction of sp³-hybridized carbons (Fsp3) is 0.357. The molecule has 0 unspecified atom stereocenters. The van der Waals surface area contributed by atoms with Crippen LogP contribution in [-0.2, 0) is 9.59 Å². The van der Waals surface area contributed by atoms with E-state index < -0.39 is 0 Å². The number of hydrogen-bond acceptors (Lipinski definition) is 3. The number of benzene rings is 2. The number of fused-ring (bicyclic) bond motifs is 11. The first-order valence-corrected chi connectivity index (χ1v) is 11.7. The second-order valence-corrected chi connectivity index (χ2v) is 9.89. The van der Waals surface area contributed by atoms with E-state index >= 15 is 0 Å². The zero-order chi connectivity index (χ0) is 21.6. The molecule has 2 aromatic carbocycles. The van der Waals surface area contributed by atoms with Gasteiger partial charge in [0.05, 0.1) is 24.6 Å². The lowest BCUT2D eigenvalue weighted by molar-refractivity contribution is -0.123. The zero-order valence-electron chi connectivity index (χ0n) is 18.0. The van der Waals surface area contributed by atoms with Crippen LogP contribution in [-0.4, -0.2) is 18.9 Å². The van der Waals surface area contributed by atoms with Crippen molar-refractivity contribution in [1.29, 1.82) is 0 Å². The SMILES string of the molecule is COc1ccc(C=C2[C@H]3C4=C([C@H]5CC[C@H]4C5)[C@H]2[C@H]2C(=O)N(c4ccccc4)C(=O)[C@H]32)cc1. The average molecular weight is 424 g/mol. The van der Waals surface area contributed by atoms with E-state index in [9.17, 15) is 9.59 Å². The first-order chi connectivity index (χ1) is 15.7. The van der Waals surface area contributed by atoms with E-state index in [1.54, 1.807) is 7.11 Å². The molecule has 4 aliphatic carbocycles. The smallest absolute Gasteiger partial charge is 0.238 e. The number of rotatable bonds is 3. The third kappa shape index (κ3) is 2.22. The topological polar surface area (TPSA) is 46.6 Å². The molecular weight excluding hydrogens is 398 g/mol. The Hall–Kier alpha value is -3.14. The van der Waals surface area contributed by atoms with Crippen molar-refractivity contribution in [2.75, 3.05) is 12.0 Å². The number of imide groups is 1. The van der Waals surface area contributed by atoms with Crippen LogP contribution in [0.4, 0.5) is 5.69 Å². The Morgan fingerprint density at radius 3 is 2.00 bits per heavy atom. The lowest BCUT2D eigenvalue weighted by Crippen LogP contribution is -2.33. The third-order valence-electron chi connectivity index (χ3n) is 8.61. The summed E-state index contributed by atoms with van der Waals surface area (Å²) in [6.45, 7) is 0. The molecule has 7 rings (SSSR count). The maximum Gasteiger partial charge on any atom is 0.238 e. The second kappa shape index (κ2) is 6.44. The van der Waals surface area contributed by atoms with Gasteiger partial charge in [-0.25, -0.2) is 4.90 Å². The molecule has 0 aromatic heterocycles. The number of amides is 2. The molecule has 0 radical (unpaired) electrons. The molecule has 2 aromatic rings. The van der Waals surface area contributed by atoms with Crippen LogP contribution in [0.2, 0.25) is 0 Å². The minimum Gasteiger partial charge on any atom is -0.497 e. The summed E-state index contributed by atoms with van der Waals surface area (Å²) >= 11 is 0. The number of carbonyl (C=O) groups is 2. The van der Waals surface area contributed by atoms with Crippen LogP contribution in [0.1, 0.15) is 24.8 Å². The molecule has 0 N–H and O–H groups in total. The molecule has 4 bridgehead atoms. The maximum atomic E-state index is 13.7. The van der Waals surface area contributed by atoms with Gasteiger partial charge in [0.25, 0.3) is 0 Å². The molecule has 6 atom stereocenters. The first-order valence-electron chi connectivity index (χ1n) is 11.7. The van der Waals surface area contributed by atoms with Crippen molar-refractivity contribution in [3.63, 3.8) is 0 Å². The number of allylic oxidation sites excluding steroid dienone is 3. The van der Waals surface area contributed by atoms with Crippen LogP contribution in [0, 0.1) is 35.5 Å². The predicted molar refractivity (Wildman–Crippen MR) is 122 cm³/mol. The van der Waals surface area contributed by atoms with Gasteiger partial charge < -0.3 is 4.74 Å². The van der Waals surface area contributed by atoms with Gasteiger partial charge in [-0.15, -0.1) is 0 Å². The summed E-state index contributed by atoms with van der Waals surface area (Å²) in [5, 5.41) is 0. The van der Waals surface area contributed by atoms with Gasteiger partial charge >= 0.3 is 0 Å². The summed E-state index contributed by atoms with van der Waals surface area (Å²) < 4.78 is 5.31. The quantitative estimate of drug-likeness (QED) is 0.402. The standard InChI is InChI=1S/C28H25NO3/c1-32-19-11-7-15(8-12-19)13-20-23-21-16-9-10-17(14-16)22(21)24(20)26-25(23)27(30)29(28(26)31)18-5-3-2-4-6-18/h2-8,11-13,16-17,23-26H,9-10,14H2,1H3/t16-,17-,23-,24-,25+,26+/m0/s1. The Bertz CT molecular complexity index is 1160. The number of nitrogens with zero attached hydrogens (tertiary/aromatic N) is 1. The Morgan fingerprint density at radius 2 is 1.44 bits per heavy atom. The summed E-state index contributed by atoms with van der Waals surface area (Å²) in [6.07, 6.45) is 5.98. The number of carbonyl (C=O) groups excluding carboxylic acids is 2. The highest BCUT2D eigenvalue weighted by molar-refractivity contribution is 6.23. The molecule has 2 amide bonds. The summed E-state index contributed by atoms with van der Waals surface area (Å²) in [7, 11) is 1.67. The van der Waals surface area contributed by atoms with E-state index in [1.807, 2.05) is 42.5 Å². The first kappa shape index (κ1) is 18.4. The summed E-state index contributed by atoms with van der Waals surface area (Å²) in [4.78, 5) is 28.9. The molecule has 0 spiro atoms. The van der Waals surface area contributed by atoms with Gasteiger partial charge in [0, 0.05) is 11.8 Å². The van der Waals surface area contributed by atoms with Gasteiger partial charge in [-0.1, -0.05) is 53.1 Å². The largest absolute Gasteiger partial charge is 0.497 e. The molecule has 160 valence electrons. The normalized spacial score (nSPS) is 33.9. The summed E-state index contributed by atoms with van der Waals surface area (Å²) in [5.74, 6) is 1.76. The number of ether oxygens (including phenoxy) is 1. The Kier molecular flexibility index (Phi) is 3.71. The molecule has 1 aliphatic heterocycles. The van der Waals surface area contributed by atoms with Crippen LogP contribution < -0.4 is 9.64 Å². The number of methoxy groups -OCH3 is 1. The van der Waals surface area contributed by atoms with Gasteiger partial charge in [-0.3, -0.25) is 9.59 Å². The Labute approximate surface area is 187 Å². The maximum absolute atomic E-state index is 13.7. The molecule has 2 saturated carbocycles. The van der Waals surface area contributed by atoms with E-state index in [-0.39, 0.29) is 35.5 Å². The fourth-order valence-corrected chi connectivity index (χ4v) is 7.56. The van der Waals surface area contributed by atoms with Gasteiger partial charge in [0.15, 0.2) is 0 Å². The third-order valence-corrected chi connectivity index (χ3v) is 8.61. The van der Waals surface area contributed by atoms with Crippen molar-refractivity contribution in [1.82, 2.24) is 0 Å². The van der Waals surface area contributed by atoms with Crippen molar-refractivity contribution >= 4 is 23.6 Å². The Morgan fingerprint density at radius 1 is 0.844 bits per heavy atom. The fourth-order valence-electron chi connectivity index (χ4n) is 7.56. The summed E-state index contributed by atoms with van der Waals surface area (Å²) in [6, 6.07) is 17.5. The Balaban J connectivity index is 1.34. The van der Waals surface area contributed by atoms with Crippen LogP contribution in [0.15, 0.2) is 71.3 Å². The summed E-state index contributed by atoms with van der Waals surface area (Å²) in [5.41, 5.74) is 6.19. The van der Waals surface area contributed by atoms with Gasteiger partial charge in [-0.2, -0.15) is 0 Å². The molecule has 32 heavy (non-hydrogen) atoms. The lowest BCUT2D eigenvalue weighted by Gasteiger charge is -2.28. The highest BCUT2D eigenvalue weighted by Gasteiger charge is 2.69. The minimum atomic E-state index is -0.240. The van der Waals surface area contributed by atoms with Crippen LogP contribution in [0.25, 0.3) is 6.08 Å². The average Bonchev–Trinajstić information content (AvgIpc) is 3.61. The van der Waals surface area contributed by atoms with Gasteiger partial charge in [-0.05, 0) is 60.9 Å².